The first-order valence-corrected chi connectivity index (χ1v) is 14.9. The molecule has 0 bridgehead atoms. The fourth-order valence-corrected chi connectivity index (χ4v) is 5.28. The number of nitrogens with two attached hydrogens (primary N) is 1. The smallest absolute Gasteiger partial charge is 0.413 e. The number of rotatable bonds is 8. The van der Waals surface area contributed by atoms with Crippen LogP contribution < -0.4 is 15.2 Å². The van der Waals surface area contributed by atoms with Gasteiger partial charge in [0, 0.05) is 42.3 Å². The molecule has 12 heteroatoms. The number of benzene rings is 3. The highest BCUT2D eigenvalue weighted by Gasteiger charge is 2.43. The van der Waals surface area contributed by atoms with Crippen molar-refractivity contribution in [3.8, 4) is 11.5 Å². The van der Waals surface area contributed by atoms with Gasteiger partial charge in [0.1, 0.15) is 23.4 Å². The van der Waals surface area contributed by atoms with Gasteiger partial charge >= 0.3 is 6.09 Å². The minimum atomic E-state index is -1.12. The lowest BCUT2D eigenvalue weighted by atomic mass is 9.94. The Bertz CT molecular complexity index is 1380. The average Bonchev–Trinajstić information content (AvgIpc) is 3.39. The van der Waals surface area contributed by atoms with Gasteiger partial charge in [-0.2, -0.15) is 0 Å². The van der Waals surface area contributed by atoms with Crippen molar-refractivity contribution >= 4 is 47.5 Å². The number of methoxy groups -OCH3 is 1. The number of hydrogen-bond donors (Lipinski definition) is 2. The molecule has 238 valence electrons. The van der Waals surface area contributed by atoms with E-state index in [0.717, 1.165) is 50.5 Å². The van der Waals surface area contributed by atoms with E-state index in [1.807, 2.05) is 38.1 Å². The van der Waals surface area contributed by atoms with E-state index in [-0.39, 0.29) is 18.5 Å². The summed E-state index contributed by atoms with van der Waals surface area (Å²) in [5.74, 6) is 1.39. The highest BCUT2D eigenvalue weighted by atomic mass is 35.5. The molecule has 44 heavy (non-hydrogen) atoms. The summed E-state index contributed by atoms with van der Waals surface area (Å²) in [6.45, 7) is 9.45. The first kappa shape index (κ1) is 35.4. The van der Waals surface area contributed by atoms with Gasteiger partial charge in [0.2, 0.25) is 0 Å². The molecule has 2 heterocycles. The predicted molar refractivity (Wildman–Crippen MR) is 177 cm³/mol. The van der Waals surface area contributed by atoms with Crippen molar-refractivity contribution in [2.45, 2.75) is 32.0 Å². The molecule has 0 radical (unpaired) electrons. The summed E-state index contributed by atoms with van der Waals surface area (Å²) in [5.41, 5.74) is 7.55. The van der Waals surface area contributed by atoms with E-state index >= 15 is 0 Å². The van der Waals surface area contributed by atoms with E-state index in [1.54, 1.807) is 49.6 Å². The van der Waals surface area contributed by atoms with E-state index in [0.29, 0.717) is 32.9 Å². The van der Waals surface area contributed by atoms with E-state index in [4.69, 9.17) is 48.1 Å². The first-order valence-electron chi connectivity index (χ1n) is 14.2. The monoisotopic (exact) mass is 664 g/mol. The summed E-state index contributed by atoms with van der Waals surface area (Å²) in [4.78, 5) is 21.2. The highest BCUT2D eigenvalue weighted by Crippen LogP contribution is 2.45. The number of nitrogens with zero attached hydrogens (tertiary/aromatic N) is 3. The Hall–Kier alpha value is -3.05. The summed E-state index contributed by atoms with van der Waals surface area (Å²) in [6, 6.07) is 18.6. The Kier molecular flexibility index (Phi) is 13.6. The summed E-state index contributed by atoms with van der Waals surface area (Å²) in [7, 11) is 1.57. The van der Waals surface area contributed by atoms with Crippen LogP contribution in [0.4, 0.5) is 4.79 Å². The van der Waals surface area contributed by atoms with Gasteiger partial charge in [-0.25, -0.2) is 4.79 Å². The Balaban J connectivity index is 0.000000455. The lowest BCUT2D eigenvalue weighted by Crippen LogP contribution is -2.39. The quantitative estimate of drug-likeness (QED) is 0.275. The van der Waals surface area contributed by atoms with Crippen LogP contribution in [0.15, 0.2) is 71.7 Å². The standard InChI is InChI=1S/C26H24Cl2N2O4.C6H14N2O.ClH/c1-15(2)34-22-14-20(33-3)12-13-21(22)25-29-23(16-4-8-18(27)9-5-16)24(30(25)26(31)32)17-6-10-19(28)11-7-17;7-1-2-8-3-5-9-6-4-8;/h4-15,23-24H,1-3H3,(H,31,32);1-7H2;1H. The van der Waals surface area contributed by atoms with Crippen molar-refractivity contribution < 1.29 is 24.1 Å². The molecule has 5 rings (SSSR count). The molecule has 2 aliphatic heterocycles. The third-order valence-corrected chi connectivity index (χ3v) is 7.54. The van der Waals surface area contributed by atoms with Crippen LogP contribution in [0.2, 0.25) is 10.0 Å². The number of amidine groups is 1. The molecule has 3 N–H and O–H groups in total. The fourth-order valence-electron chi connectivity index (χ4n) is 5.03. The normalized spacial score (nSPS) is 18.2. The number of hydrogen-bond acceptors (Lipinski definition) is 7. The van der Waals surface area contributed by atoms with E-state index < -0.39 is 18.2 Å². The summed E-state index contributed by atoms with van der Waals surface area (Å²) in [6.07, 6.45) is -1.26. The van der Waals surface area contributed by atoms with Crippen molar-refractivity contribution in [3.05, 3.63) is 93.5 Å². The zero-order chi connectivity index (χ0) is 30.9. The van der Waals surface area contributed by atoms with Crippen molar-refractivity contribution in [2.75, 3.05) is 46.5 Å². The number of carbonyl (C=O) groups is 1. The Labute approximate surface area is 274 Å². The van der Waals surface area contributed by atoms with Crippen LogP contribution in [0.3, 0.4) is 0 Å². The van der Waals surface area contributed by atoms with Crippen molar-refractivity contribution in [2.24, 2.45) is 10.7 Å². The molecule has 2 unspecified atom stereocenters. The average molecular weight is 666 g/mol. The minimum Gasteiger partial charge on any atom is -0.497 e. The zero-order valence-electron chi connectivity index (χ0n) is 25.0. The largest absolute Gasteiger partial charge is 0.497 e. The Morgan fingerprint density at radius 2 is 1.61 bits per heavy atom. The molecule has 1 saturated heterocycles. The number of aliphatic imine (C=N–C) groups is 1. The van der Waals surface area contributed by atoms with Crippen LogP contribution in [-0.2, 0) is 4.74 Å². The van der Waals surface area contributed by atoms with Crippen LogP contribution in [0.5, 0.6) is 11.5 Å². The van der Waals surface area contributed by atoms with Crippen LogP contribution in [0, 0.1) is 0 Å². The molecule has 0 spiro atoms. The fraction of sp³-hybridized carbons (Fsp3) is 0.375. The number of carboxylic acid groups (broad SMARTS) is 1. The molecule has 2 aliphatic rings. The predicted octanol–water partition coefficient (Wildman–Crippen LogP) is 6.71. The van der Waals surface area contributed by atoms with Gasteiger partial charge in [0.15, 0.2) is 0 Å². The maximum absolute atomic E-state index is 12.7. The van der Waals surface area contributed by atoms with Crippen molar-refractivity contribution in [3.63, 3.8) is 0 Å². The van der Waals surface area contributed by atoms with Gasteiger partial charge < -0.3 is 25.1 Å². The summed E-state index contributed by atoms with van der Waals surface area (Å²) >= 11 is 12.2. The van der Waals surface area contributed by atoms with Crippen LogP contribution in [0.1, 0.15) is 42.6 Å². The molecular weight excluding hydrogens is 627 g/mol. The minimum absolute atomic E-state index is 0. The van der Waals surface area contributed by atoms with Crippen LogP contribution in [-0.4, -0.2) is 79.4 Å². The molecule has 1 amide bonds. The molecule has 0 aliphatic carbocycles. The second-order valence-electron chi connectivity index (χ2n) is 10.4. The molecular formula is C32H39Cl3N4O5. The Morgan fingerprint density at radius 1 is 1.02 bits per heavy atom. The second-order valence-corrected chi connectivity index (χ2v) is 11.2. The van der Waals surface area contributed by atoms with Gasteiger partial charge in [-0.3, -0.25) is 14.8 Å². The maximum atomic E-state index is 12.7. The van der Waals surface area contributed by atoms with Crippen LogP contribution in [0.25, 0.3) is 0 Å². The highest BCUT2D eigenvalue weighted by molar-refractivity contribution is 6.30. The molecule has 3 aromatic carbocycles. The Morgan fingerprint density at radius 3 is 2.14 bits per heavy atom. The number of amides is 1. The number of morpholine rings is 1. The van der Waals surface area contributed by atoms with E-state index in [2.05, 4.69) is 4.90 Å². The van der Waals surface area contributed by atoms with E-state index in [1.165, 1.54) is 4.90 Å². The van der Waals surface area contributed by atoms with Gasteiger partial charge in [-0.05, 0) is 61.4 Å². The molecule has 2 atom stereocenters. The number of halogens is 3. The van der Waals surface area contributed by atoms with Crippen LogP contribution >= 0.6 is 35.6 Å². The zero-order valence-corrected chi connectivity index (χ0v) is 27.3. The van der Waals surface area contributed by atoms with Crippen molar-refractivity contribution in [1.29, 1.82) is 0 Å². The third kappa shape index (κ3) is 9.00. The summed E-state index contributed by atoms with van der Waals surface area (Å²) < 4.78 is 16.5. The van der Waals surface area contributed by atoms with Gasteiger partial charge in [-0.1, -0.05) is 47.5 Å². The van der Waals surface area contributed by atoms with Gasteiger partial charge in [0.05, 0.1) is 38.0 Å². The second kappa shape index (κ2) is 16.9. The molecule has 9 nitrogen and oxygen atoms in total. The third-order valence-electron chi connectivity index (χ3n) is 7.04. The molecule has 0 saturated carbocycles. The van der Waals surface area contributed by atoms with Crippen molar-refractivity contribution in [1.82, 2.24) is 9.80 Å². The van der Waals surface area contributed by atoms with Gasteiger partial charge in [-0.15, -0.1) is 12.4 Å². The SMILES string of the molecule is COc1ccc(C2=NC(c3ccc(Cl)cc3)C(c3ccc(Cl)cc3)N2C(=O)O)c(OC(C)C)c1.Cl.NCCN1CCOCC1. The lowest BCUT2D eigenvalue weighted by molar-refractivity contribution is 0.0394. The topological polar surface area (TPSA) is 110 Å². The first-order chi connectivity index (χ1) is 20.7. The lowest BCUT2D eigenvalue weighted by Gasteiger charge is -2.28. The molecule has 0 aromatic heterocycles. The molecule has 1 fully saturated rings. The summed E-state index contributed by atoms with van der Waals surface area (Å²) in [5, 5.41) is 11.5. The molecule has 3 aromatic rings. The number of ether oxygens (including phenoxy) is 3. The maximum Gasteiger partial charge on any atom is 0.413 e. The van der Waals surface area contributed by atoms with E-state index in [9.17, 15) is 9.90 Å². The van der Waals surface area contributed by atoms with Gasteiger partial charge in [0.25, 0.3) is 0 Å².